The van der Waals surface area contributed by atoms with Crippen LogP contribution in [0.4, 0.5) is 0 Å². The molecule has 2 N–H and O–H groups in total. The maximum Gasteiger partial charge on any atom is 0.335 e. The van der Waals surface area contributed by atoms with Crippen molar-refractivity contribution in [2.24, 2.45) is 7.05 Å². The summed E-state index contributed by atoms with van der Waals surface area (Å²) in [6.07, 6.45) is 1.48. The van der Waals surface area contributed by atoms with Crippen molar-refractivity contribution in [3.05, 3.63) is 48.2 Å². The molecule has 3 rings (SSSR count). The van der Waals surface area contributed by atoms with E-state index in [4.69, 9.17) is 5.11 Å². The Bertz CT molecular complexity index is 821. The Kier molecular flexibility index (Phi) is 2.68. The van der Waals surface area contributed by atoms with E-state index in [9.17, 15) is 9.90 Å². The number of benzene rings is 1. The molecule has 0 amide bonds. The number of aromatic nitrogens is 2. The quantitative estimate of drug-likeness (QED) is 0.749. The Morgan fingerprint density at radius 2 is 2.00 bits per heavy atom. The fourth-order valence-electron chi connectivity index (χ4n) is 2.29. The molecule has 2 heterocycles. The normalized spacial score (nSPS) is 10.8. The Morgan fingerprint density at radius 3 is 2.75 bits per heavy atom. The van der Waals surface area contributed by atoms with Gasteiger partial charge in [-0.1, -0.05) is 0 Å². The number of nitrogens with zero attached hydrogens (tertiary/aromatic N) is 2. The third kappa shape index (κ3) is 1.89. The molecule has 1 aromatic carbocycles. The molecular formula is C15H12N2O3. The van der Waals surface area contributed by atoms with Crippen LogP contribution >= 0.6 is 0 Å². The van der Waals surface area contributed by atoms with Crippen molar-refractivity contribution in [3.63, 3.8) is 0 Å². The second-order valence-electron chi connectivity index (χ2n) is 4.57. The van der Waals surface area contributed by atoms with Gasteiger partial charge in [-0.05, 0) is 36.4 Å². The molecule has 0 saturated carbocycles. The average molecular weight is 268 g/mol. The number of pyridine rings is 1. The number of fused-ring (bicyclic) bond motifs is 1. The summed E-state index contributed by atoms with van der Waals surface area (Å²) in [5, 5.41) is 19.4. The van der Waals surface area contributed by atoms with Gasteiger partial charge in [-0.3, -0.25) is 4.98 Å². The van der Waals surface area contributed by atoms with Gasteiger partial charge in [0, 0.05) is 24.1 Å². The molecule has 5 heteroatoms. The number of aromatic hydroxyl groups is 1. The fraction of sp³-hybridized carbons (Fsp3) is 0.0667. The van der Waals surface area contributed by atoms with Gasteiger partial charge in [-0.15, -0.1) is 0 Å². The smallest absolute Gasteiger partial charge is 0.335 e. The van der Waals surface area contributed by atoms with Crippen LogP contribution in [0.5, 0.6) is 5.75 Å². The van der Waals surface area contributed by atoms with Crippen molar-refractivity contribution in [2.45, 2.75) is 0 Å². The highest BCUT2D eigenvalue weighted by molar-refractivity contribution is 5.91. The van der Waals surface area contributed by atoms with Crippen molar-refractivity contribution in [1.82, 2.24) is 9.55 Å². The molecule has 0 saturated heterocycles. The van der Waals surface area contributed by atoms with Crippen molar-refractivity contribution in [1.29, 1.82) is 0 Å². The minimum atomic E-state index is -0.981. The summed E-state index contributed by atoms with van der Waals surface area (Å²) in [5.41, 5.74) is 2.53. The zero-order chi connectivity index (χ0) is 14.3. The monoisotopic (exact) mass is 268 g/mol. The first-order valence-electron chi connectivity index (χ1n) is 6.04. The van der Waals surface area contributed by atoms with Gasteiger partial charge in [0.2, 0.25) is 0 Å². The lowest BCUT2D eigenvalue weighted by Gasteiger charge is -2.04. The molecule has 0 aliphatic heterocycles. The average Bonchev–Trinajstić information content (AvgIpc) is 2.75. The molecule has 0 aliphatic carbocycles. The highest BCUT2D eigenvalue weighted by atomic mass is 16.4. The van der Waals surface area contributed by atoms with E-state index in [0.717, 1.165) is 16.6 Å². The number of phenolic OH excluding ortho intramolecular Hbond substituents is 1. The van der Waals surface area contributed by atoms with Gasteiger partial charge in [0.05, 0.1) is 17.0 Å². The van der Waals surface area contributed by atoms with Crippen LogP contribution in [0.15, 0.2) is 42.6 Å². The topological polar surface area (TPSA) is 75.4 Å². The minimum Gasteiger partial charge on any atom is -0.508 e. The number of carboxylic acid groups (broad SMARTS) is 1. The number of rotatable bonds is 2. The fourth-order valence-corrected chi connectivity index (χ4v) is 2.29. The number of aromatic carboxylic acids is 1. The van der Waals surface area contributed by atoms with E-state index >= 15 is 0 Å². The molecule has 100 valence electrons. The van der Waals surface area contributed by atoms with Crippen LogP contribution in [-0.4, -0.2) is 25.7 Å². The Labute approximate surface area is 114 Å². The molecular weight excluding hydrogens is 256 g/mol. The maximum absolute atomic E-state index is 11.0. The van der Waals surface area contributed by atoms with Gasteiger partial charge in [0.1, 0.15) is 5.75 Å². The Balaban J connectivity index is 2.21. The lowest BCUT2D eigenvalue weighted by molar-refractivity contribution is 0.0697. The van der Waals surface area contributed by atoms with E-state index in [1.807, 2.05) is 23.7 Å². The van der Waals surface area contributed by atoms with Crippen LogP contribution in [0, 0.1) is 0 Å². The van der Waals surface area contributed by atoms with Crippen LogP contribution < -0.4 is 0 Å². The van der Waals surface area contributed by atoms with Crippen LogP contribution in [0.2, 0.25) is 0 Å². The van der Waals surface area contributed by atoms with E-state index in [1.54, 1.807) is 12.1 Å². The Morgan fingerprint density at radius 1 is 1.20 bits per heavy atom. The minimum absolute atomic E-state index is 0.196. The van der Waals surface area contributed by atoms with Gasteiger partial charge >= 0.3 is 5.97 Å². The van der Waals surface area contributed by atoms with Crippen molar-refractivity contribution in [2.75, 3.05) is 0 Å². The number of carbonyl (C=O) groups is 1. The van der Waals surface area contributed by atoms with Crippen LogP contribution in [0.1, 0.15) is 10.4 Å². The summed E-state index contributed by atoms with van der Waals surface area (Å²) < 4.78 is 1.92. The summed E-state index contributed by atoms with van der Waals surface area (Å²) in [6, 6.07) is 9.97. The zero-order valence-electron chi connectivity index (χ0n) is 10.7. The van der Waals surface area contributed by atoms with Crippen molar-refractivity contribution >= 4 is 16.9 Å². The maximum atomic E-state index is 11.0. The molecule has 20 heavy (non-hydrogen) atoms. The second-order valence-corrected chi connectivity index (χ2v) is 4.57. The number of carboxylic acids is 1. The number of hydrogen-bond donors (Lipinski definition) is 2. The van der Waals surface area contributed by atoms with Crippen molar-refractivity contribution < 1.29 is 15.0 Å². The first kappa shape index (κ1) is 12.2. The summed E-state index contributed by atoms with van der Waals surface area (Å²) in [5.74, 6) is -0.785. The summed E-state index contributed by atoms with van der Waals surface area (Å²) in [4.78, 5) is 15.2. The largest absolute Gasteiger partial charge is 0.508 e. The first-order valence-corrected chi connectivity index (χ1v) is 6.04. The predicted molar refractivity (Wildman–Crippen MR) is 74.8 cm³/mol. The van der Waals surface area contributed by atoms with Gasteiger partial charge in [-0.2, -0.15) is 0 Å². The van der Waals surface area contributed by atoms with Gasteiger partial charge in [0.15, 0.2) is 0 Å². The van der Waals surface area contributed by atoms with Crippen LogP contribution in [0.3, 0.4) is 0 Å². The molecule has 0 radical (unpaired) electrons. The molecule has 0 bridgehead atoms. The third-order valence-corrected chi connectivity index (χ3v) is 3.30. The van der Waals surface area contributed by atoms with E-state index < -0.39 is 5.97 Å². The Hall–Kier alpha value is -2.82. The van der Waals surface area contributed by atoms with Gasteiger partial charge in [-0.25, -0.2) is 4.79 Å². The van der Waals surface area contributed by atoms with E-state index in [1.165, 1.54) is 18.3 Å². The molecule has 3 aromatic rings. The summed E-state index contributed by atoms with van der Waals surface area (Å²) in [7, 11) is 1.88. The van der Waals surface area contributed by atoms with Gasteiger partial charge < -0.3 is 14.8 Å². The molecule has 0 aliphatic rings. The molecule has 0 spiro atoms. The summed E-state index contributed by atoms with van der Waals surface area (Å²) in [6.45, 7) is 0. The lowest BCUT2D eigenvalue weighted by atomic mass is 10.2. The zero-order valence-corrected chi connectivity index (χ0v) is 10.7. The van der Waals surface area contributed by atoms with Crippen LogP contribution in [0.25, 0.3) is 22.3 Å². The number of phenols is 1. The SMILES string of the molecule is Cn1c(-c2cc(C(=O)O)ccn2)cc2cc(O)ccc21. The van der Waals surface area contributed by atoms with Gasteiger partial charge in [0.25, 0.3) is 0 Å². The molecule has 0 unspecified atom stereocenters. The number of hydrogen-bond acceptors (Lipinski definition) is 3. The van der Waals surface area contributed by atoms with E-state index in [2.05, 4.69) is 4.98 Å². The highest BCUT2D eigenvalue weighted by Crippen LogP contribution is 2.28. The molecule has 5 nitrogen and oxygen atoms in total. The van der Waals surface area contributed by atoms with E-state index in [-0.39, 0.29) is 11.3 Å². The molecule has 0 fully saturated rings. The second kappa shape index (κ2) is 4.38. The first-order chi connectivity index (χ1) is 9.56. The van der Waals surface area contributed by atoms with Crippen molar-refractivity contribution in [3.8, 4) is 17.1 Å². The number of aryl methyl sites for hydroxylation is 1. The van der Waals surface area contributed by atoms with E-state index in [0.29, 0.717) is 5.69 Å². The van der Waals surface area contributed by atoms with Crippen LogP contribution in [-0.2, 0) is 7.05 Å². The predicted octanol–water partition coefficient (Wildman–Crippen LogP) is 2.64. The molecule has 2 aromatic heterocycles. The third-order valence-electron chi connectivity index (χ3n) is 3.30. The highest BCUT2D eigenvalue weighted by Gasteiger charge is 2.11. The lowest BCUT2D eigenvalue weighted by Crippen LogP contribution is -1.99. The standard InChI is InChI=1S/C15H12N2O3/c1-17-13-3-2-11(18)6-10(13)8-14(17)12-7-9(15(19)20)4-5-16-12/h2-8,18H,1H3,(H,19,20). The summed E-state index contributed by atoms with van der Waals surface area (Å²) >= 11 is 0. The molecule has 0 atom stereocenters.